The van der Waals surface area contributed by atoms with Gasteiger partial charge in [-0.1, -0.05) is 33.2 Å². The number of aromatic nitrogens is 2. The number of benzene rings is 2. The molecule has 0 aliphatic rings. The van der Waals surface area contributed by atoms with Crippen molar-refractivity contribution >= 4 is 37.5 Å². The van der Waals surface area contributed by atoms with Gasteiger partial charge in [-0.15, -0.1) is 0 Å². The molecule has 0 saturated heterocycles. The van der Waals surface area contributed by atoms with Crippen LogP contribution in [0, 0.1) is 20.8 Å². The SMILES string of the molecule is Cc1nc(-c2ccc(C)c(S(=O)(=O)NC(C)C(=O)Nc3ccc(Br)c(C)c3)c2)no1. The molecular formula is C20H21BrN4O4S. The molecule has 2 aromatic carbocycles. The number of aryl methyl sites for hydroxylation is 3. The Bertz CT molecular complexity index is 1210. The Hall–Kier alpha value is -2.56. The maximum atomic E-state index is 12.9. The first-order valence-electron chi connectivity index (χ1n) is 9.07. The Morgan fingerprint density at radius 2 is 1.83 bits per heavy atom. The highest BCUT2D eigenvalue weighted by molar-refractivity contribution is 9.10. The first kappa shape index (κ1) is 22.1. The second-order valence-corrected chi connectivity index (χ2v) is 9.45. The Kier molecular flexibility index (Phi) is 6.39. The molecule has 0 radical (unpaired) electrons. The van der Waals surface area contributed by atoms with Crippen molar-refractivity contribution in [2.45, 2.75) is 38.6 Å². The van der Waals surface area contributed by atoms with Crippen molar-refractivity contribution in [3.8, 4) is 11.4 Å². The van der Waals surface area contributed by atoms with Crippen LogP contribution in [0.25, 0.3) is 11.4 Å². The Morgan fingerprint density at radius 1 is 1.10 bits per heavy atom. The number of hydrogen-bond donors (Lipinski definition) is 2. The van der Waals surface area contributed by atoms with E-state index in [9.17, 15) is 13.2 Å². The van der Waals surface area contributed by atoms with Crippen molar-refractivity contribution < 1.29 is 17.7 Å². The van der Waals surface area contributed by atoms with Gasteiger partial charge >= 0.3 is 0 Å². The monoisotopic (exact) mass is 492 g/mol. The van der Waals surface area contributed by atoms with Gasteiger partial charge in [-0.25, -0.2) is 8.42 Å². The van der Waals surface area contributed by atoms with E-state index in [2.05, 4.69) is 36.1 Å². The molecule has 8 nitrogen and oxygen atoms in total. The van der Waals surface area contributed by atoms with E-state index in [-0.39, 0.29) is 4.90 Å². The second-order valence-electron chi connectivity index (χ2n) is 6.91. The van der Waals surface area contributed by atoms with Gasteiger partial charge in [0.2, 0.25) is 27.6 Å². The van der Waals surface area contributed by atoms with Crippen LogP contribution in [-0.2, 0) is 14.8 Å². The molecule has 30 heavy (non-hydrogen) atoms. The molecule has 3 aromatic rings. The number of carbonyl (C=O) groups excluding carboxylic acids is 1. The van der Waals surface area contributed by atoms with Gasteiger partial charge in [0.15, 0.2) is 0 Å². The van der Waals surface area contributed by atoms with Crippen LogP contribution in [0.15, 0.2) is 50.3 Å². The van der Waals surface area contributed by atoms with E-state index >= 15 is 0 Å². The van der Waals surface area contributed by atoms with Gasteiger partial charge in [0.05, 0.1) is 10.9 Å². The zero-order valence-corrected chi connectivity index (χ0v) is 19.3. The molecule has 0 fully saturated rings. The molecular weight excluding hydrogens is 472 g/mol. The number of amides is 1. The molecule has 0 saturated carbocycles. The molecule has 0 aliphatic heterocycles. The van der Waals surface area contributed by atoms with Crippen LogP contribution in [0.2, 0.25) is 0 Å². The van der Waals surface area contributed by atoms with Crippen molar-refractivity contribution in [2.24, 2.45) is 0 Å². The summed E-state index contributed by atoms with van der Waals surface area (Å²) in [5.41, 5.74) is 2.56. The lowest BCUT2D eigenvalue weighted by molar-refractivity contribution is -0.117. The number of rotatable bonds is 6. The summed E-state index contributed by atoms with van der Waals surface area (Å²) in [7, 11) is -3.97. The fourth-order valence-corrected chi connectivity index (χ4v) is 4.49. The molecule has 0 aliphatic carbocycles. The maximum absolute atomic E-state index is 12.9. The van der Waals surface area contributed by atoms with Gasteiger partial charge < -0.3 is 9.84 Å². The molecule has 0 bridgehead atoms. The largest absolute Gasteiger partial charge is 0.339 e. The molecule has 158 valence electrons. The molecule has 1 amide bonds. The number of nitrogens with zero attached hydrogens (tertiary/aromatic N) is 2. The minimum absolute atomic E-state index is 0.0431. The standard InChI is InChI=1S/C20H21BrN4O4S/c1-11-5-6-15(19-22-14(4)29-24-19)10-18(11)30(27,28)25-13(3)20(26)23-16-7-8-17(21)12(2)9-16/h5-10,13,25H,1-4H3,(H,23,26). The van der Waals surface area contributed by atoms with Gasteiger partial charge in [-0.2, -0.15) is 9.71 Å². The molecule has 0 spiro atoms. The van der Waals surface area contributed by atoms with Crippen LogP contribution in [0.3, 0.4) is 0 Å². The van der Waals surface area contributed by atoms with Crippen molar-refractivity contribution in [3.63, 3.8) is 0 Å². The topological polar surface area (TPSA) is 114 Å². The summed E-state index contributed by atoms with van der Waals surface area (Å²) in [6.07, 6.45) is 0. The average molecular weight is 493 g/mol. The summed E-state index contributed by atoms with van der Waals surface area (Å²) in [5.74, 6) is 0.199. The lowest BCUT2D eigenvalue weighted by Gasteiger charge is -2.16. The quantitative estimate of drug-likeness (QED) is 0.541. The molecule has 1 atom stereocenters. The molecule has 2 N–H and O–H groups in total. The van der Waals surface area contributed by atoms with Crippen molar-refractivity contribution in [3.05, 3.63) is 57.9 Å². The van der Waals surface area contributed by atoms with Crippen LogP contribution in [-0.4, -0.2) is 30.5 Å². The highest BCUT2D eigenvalue weighted by Gasteiger charge is 2.24. The van der Waals surface area contributed by atoms with Crippen LogP contribution in [0.5, 0.6) is 0 Å². The minimum atomic E-state index is -3.97. The Balaban J connectivity index is 1.79. The fraction of sp³-hybridized carbons (Fsp3) is 0.250. The second kappa shape index (κ2) is 8.66. The third-order valence-corrected chi connectivity index (χ3v) is 6.99. The van der Waals surface area contributed by atoms with Crippen LogP contribution in [0.4, 0.5) is 5.69 Å². The van der Waals surface area contributed by atoms with Gasteiger partial charge in [-0.3, -0.25) is 4.79 Å². The molecule has 3 rings (SSSR count). The first-order valence-corrected chi connectivity index (χ1v) is 11.3. The lowest BCUT2D eigenvalue weighted by atomic mass is 10.1. The third kappa shape index (κ3) is 4.94. The summed E-state index contributed by atoms with van der Waals surface area (Å²) < 4.78 is 34.2. The van der Waals surface area contributed by atoms with Crippen LogP contribution in [0.1, 0.15) is 23.9 Å². The van der Waals surface area contributed by atoms with E-state index in [1.165, 1.54) is 13.0 Å². The number of hydrogen-bond acceptors (Lipinski definition) is 6. The van der Waals surface area contributed by atoms with E-state index in [0.717, 1.165) is 10.0 Å². The van der Waals surface area contributed by atoms with Crippen LogP contribution < -0.4 is 10.0 Å². The first-order chi connectivity index (χ1) is 14.1. The van der Waals surface area contributed by atoms with Crippen LogP contribution >= 0.6 is 15.9 Å². The Labute approximate surface area is 183 Å². The van der Waals surface area contributed by atoms with Gasteiger partial charge in [-0.05, 0) is 56.2 Å². The number of sulfonamides is 1. The van der Waals surface area contributed by atoms with Crippen molar-refractivity contribution in [2.75, 3.05) is 5.32 Å². The highest BCUT2D eigenvalue weighted by atomic mass is 79.9. The number of halogens is 1. The summed E-state index contributed by atoms with van der Waals surface area (Å²) in [6, 6.07) is 9.18. The van der Waals surface area contributed by atoms with Crippen molar-refractivity contribution in [1.29, 1.82) is 0 Å². The normalized spacial score (nSPS) is 12.6. The molecule has 10 heteroatoms. The van der Waals surface area contributed by atoms with E-state index < -0.39 is 22.0 Å². The molecule has 1 unspecified atom stereocenters. The number of nitrogens with one attached hydrogen (secondary N) is 2. The number of anilines is 1. The fourth-order valence-electron chi connectivity index (χ4n) is 2.77. The molecule has 1 aromatic heterocycles. The zero-order valence-electron chi connectivity index (χ0n) is 16.9. The van der Waals surface area contributed by atoms with Gasteiger partial charge in [0, 0.05) is 22.6 Å². The third-order valence-electron chi connectivity index (χ3n) is 4.41. The predicted molar refractivity (Wildman–Crippen MR) is 117 cm³/mol. The van der Waals surface area contributed by atoms with E-state index in [1.807, 2.05) is 13.0 Å². The van der Waals surface area contributed by atoms with E-state index in [4.69, 9.17) is 4.52 Å². The summed E-state index contributed by atoms with van der Waals surface area (Å²) >= 11 is 3.40. The van der Waals surface area contributed by atoms with Crippen molar-refractivity contribution in [1.82, 2.24) is 14.9 Å². The van der Waals surface area contributed by atoms with E-state index in [1.54, 1.807) is 38.1 Å². The maximum Gasteiger partial charge on any atom is 0.242 e. The summed E-state index contributed by atoms with van der Waals surface area (Å²) in [5, 5.41) is 6.54. The predicted octanol–water partition coefficient (Wildman–Crippen LogP) is 3.73. The van der Waals surface area contributed by atoms with Gasteiger partial charge in [0.1, 0.15) is 0 Å². The molecule has 1 heterocycles. The highest BCUT2D eigenvalue weighted by Crippen LogP contribution is 2.24. The minimum Gasteiger partial charge on any atom is -0.339 e. The summed E-state index contributed by atoms with van der Waals surface area (Å²) in [4.78, 5) is 16.7. The van der Waals surface area contributed by atoms with Gasteiger partial charge in [0.25, 0.3) is 0 Å². The van der Waals surface area contributed by atoms with E-state index in [0.29, 0.717) is 28.5 Å². The smallest absolute Gasteiger partial charge is 0.242 e. The Morgan fingerprint density at radius 3 is 2.47 bits per heavy atom. The summed E-state index contributed by atoms with van der Waals surface area (Å²) in [6.45, 7) is 6.71. The average Bonchev–Trinajstić information content (AvgIpc) is 3.11. The zero-order chi connectivity index (χ0) is 22.1. The lowest BCUT2D eigenvalue weighted by Crippen LogP contribution is -2.41. The number of carbonyl (C=O) groups is 1.